The molecular formula is C19H12ClNO. The van der Waals surface area contributed by atoms with E-state index in [1.54, 1.807) is 0 Å². The third kappa shape index (κ3) is 2.00. The van der Waals surface area contributed by atoms with Gasteiger partial charge < -0.3 is 4.98 Å². The van der Waals surface area contributed by atoms with Crippen molar-refractivity contribution < 1.29 is 4.79 Å². The normalized spacial score (nSPS) is 11.1. The summed E-state index contributed by atoms with van der Waals surface area (Å²) < 4.78 is 0. The Hall–Kier alpha value is -2.58. The Bertz CT molecular complexity index is 1000. The van der Waals surface area contributed by atoms with Crippen molar-refractivity contribution >= 4 is 39.1 Å². The lowest BCUT2D eigenvalue weighted by molar-refractivity contribution is 0.104. The summed E-state index contributed by atoms with van der Waals surface area (Å²) in [7, 11) is 0. The van der Waals surface area contributed by atoms with Crippen LogP contribution in [0, 0.1) is 0 Å². The Balaban J connectivity index is 2.03. The summed E-state index contributed by atoms with van der Waals surface area (Å²) in [5.74, 6) is 0.0184. The fraction of sp³-hybridized carbons (Fsp3) is 0. The molecular weight excluding hydrogens is 294 g/mol. The van der Waals surface area contributed by atoms with Gasteiger partial charge >= 0.3 is 0 Å². The monoisotopic (exact) mass is 305 g/mol. The van der Waals surface area contributed by atoms with Gasteiger partial charge in [-0.2, -0.15) is 0 Å². The maximum atomic E-state index is 12.8. The van der Waals surface area contributed by atoms with Crippen LogP contribution in [-0.4, -0.2) is 10.8 Å². The summed E-state index contributed by atoms with van der Waals surface area (Å²) in [6, 6.07) is 19.0. The highest BCUT2D eigenvalue weighted by atomic mass is 35.5. The fourth-order valence-electron chi connectivity index (χ4n) is 2.86. The lowest BCUT2D eigenvalue weighted by Gasteiger charge is -2.07. The predicted molar refractivity (Wildman–Crippen MR) is 90.7 cm³/mol. The molecule has 0 aliphatic rings. The molecule has 0 unspecified atom stereocenters. The minimum atomic E-state index is 0.0184. The van der Waals surface area contributed by atoms with E-state index >= 15 is 0 Å². The molecule has 0 saturated carbocycles. The van der Waals surface area contributed by atoms with Gasteiger partial charge in [-0.1, -0.05) is 48.0 Å². The van der Waals surface area contributed by atoms with Crippen LogP contribution >= 0.6 is 11.6 Å². The SMILES string of the molecule is O=C(c1ccccc1)c1cc2ccc(Cl)cc2c2cc[nH]c12. The molecule has 0 radical (unpaired) electrons. The summed E-state index contributed by atoms with van der Waals surface area (Å²) in [6.45, 7) is 0. The van der Waals surface area contributed by atoms with Crippen LogP contribution in [0.15, 0.2) is 66.9 Å². The number of aromatic amines is 1. The molecule has 1 N–H and O–H groups in total. The number of fused-ring (bicyclic) bond motifs is 3. The van der Waals surface area contributed by atoms with E-state index < -0.39 is 0 Å². The largest absolute Gasteiger partial charge is 0.361 e. The first-order valence-corrected chi connectivity index (χ1v) is 7.41. The summed E-state index contributed by atoms with van der Waals surface area (Å²) in [6.07, 6.45) is 1.85. The van der Waals surface area contributed by atoms with E-state index in [9.17, 15) is 4.79 Å². The second-order valence-corrected chi connectivity index (χ2v) is 5.69. The predicted octanol–water partition coefficient (Wildman–Crippen LogP) is 5.21. The third-order valence-corrected chi connectivity index (χ3v) is 4.14. The Morgan fingerprint density at radius 3 is 2.55 bits per heavy atom. The molecule has 0 amide bonds. The maximum Gasteiger partial charge on any atom is 0.195 e. The minimum Gasteiger partial charge on any atom is -0.361 e. The highest BCUT2D eigenvalue weighted by Crippen LogP contribution is 2.31. The van der Waals surface area contributed by atoms with E-state index in [0.29, 0.717) is 16.1 Å². The highest BCUT2D eigenvalue weighted by molar-refractivity contribution is 6.32. The fourth-order valence-corrected chi connectivity index (χ4v) is 3.03. The first-order chi connectivity index (χ1) is 10.7. The molecule has 3 heteroatoms. The van der Waals surface area contributed by atoms with Crippen molar-refractivity contribution in [1.82, 2.24) is 4.98 Å². The van der Waals surface area contributed by atoms with Crippen molar-refractivity contribution in [3.8, 4) is 0 Å². The molecule has 4 rings (SSSR count). The molecule has 0 fully saturated rings. The Labute approximate surface area is 132 Å². The molecule has 106 valence electrons. The van der Waals surface area contributed by atoms with Gasteiger partial charge in [0, 0.05) is 27.7 Å². The van der Waals surface area contributed by atoms with Gasteiger partial charge in [0.25, 0.3) is 0 Å². The summed E-state index contributed by atoms with van der Waals surface area (Å²) in [5, 5.41) is 3.76. The maximum absolute atomic E-state index is 12.8. The molecule has 0 spiro atoms. The van der Waals surface area contributed by atoms with Crippen LogP contribution in [0.5, 0.6) is 0 Å². The van der Waals surface area contributed by atoms with Crippen LogP contribution in [0.2, 0.25) is 5.02 Å². The Morgan fingerprint density at radius 2 is 1.73 bits per heavy atom. The van der Waals surface area contributed by atoms with E-state index in [1.165, 1.54) is 0 Å². The first kappa shape index (κ1) is 13.1. The molecule has 1 heterocycles. The van der Waals surface area contributed by atoms with Crippen LogP contribution in [0.3, 0.4) is 0 Å². The number of nitrogens with one attached hydrogen (secondary N) is 1. The van der Waals surface area contributed by atoms with E-state index in [4.69, 9.17) is 11.6 Å². The van der Waals surface area contributed by atoms with Crippen LogP contribution in [0.1, 0.15) is 15.9 Å². The standard InChI is InChI=1S/C19H12ClNO/c20-14-7-6-13-10-17(19(22)12-4-2-1-3-5-12)18-15(8-9-21-18)16(13)11-14/h1-11,21H. The van der Waals surface area contributed by atoms with Crippen LogP contribution in [0.4, 0.5) is 0 Å². The number of benzene rings is 3. The second-order valence-electron chi connectivity index (χ2n) is 5.25. The van der Waals surface area contributed by atoms with Gasteiger partial charge in [0.1, 0.15) is 0 Å². The minimum absolute atomic E-state index is 0.0184. The van der Waals surface area contributed by atoms with Crippen molar-refractivity contribution in [3.05, 3.63) is 83.0 Å². The topological polar surface area (TPSA) is 32.9 Å². The lowest BCUT2D eigenvalue weighted by atomic mass is 9.97. The number of carbonyl (C=O) groups excluding carboxylic acids is 1. The molecule has 0 atom stereocenters. The van der Waals surface area contributed by atoms with Crippen LogP contribution in [-0.2, 0) is 0 Å². The van der Waals surface area contributed by atoms with E-state index in [1.807, 2.05) is 66.9 Å². The zero-order chi connectivity index (χ0) is 15.1. The van der Waals surface area contributed by atoms with Crippen LogP contribution in [0.25, 0.3) is 21.7 Å². The molecule has 2 nitrogen and oxygen atoms in total. The average molecular weight is 306 g/mol. The number of ketones is 1. The van der Waals surface area contributed by atoms with E-state index in [0.717, 1.165) is 21.7 Å². The number of aromatic nitrogens is 1. The smallest absolute Gasteiger partial charge is 0.195 e. The zero-order valence-electron chi connectivity index (χ0n) is 11.6. The van der Waals surface area contributed by atoms with Crippen molar-refractivity contribution in [3.63, 3.8) is 0 Å². The van der Waals surface area contributed by atoms with Crippen molar-refractivity contribution in [2.75, 3.05) is 0 Å². The summed E-state index contributed by atoms with van der Waals surface area (Å²) >= 11 is 6.11. The molecule has 22 heavy (non-hydrogen) atoms. The first-order valence-electron chi connectivity index (χ1n) is 7.03. The number of rotatable bonds is 2. The number of halogens is 1. The summed E-state index contributed by atoms with van der Waals surface area (Å²) in [4.78, 5) is 16.0. The van der Waals surface area contributed by atoms with Gasteiger partial charge in [-0.3, -0.25) is 4.79 Å². The van der Waals surface area contributed by atoms with Gasteiger partial charge in [0.2, 0.25) is 0 Å². The number of hydrogen-bond donors (Lipinski definition) is 1. The molecule has 0 aliphatic carbocycles. The number of carbonyl (C=O) groups is 1. The Morgan fingerprint density at radius 1 is 0.909 bits per heavy atom. The van der Waals surface area contributed by atoms with Crippen molar-refractivity contribution in [2.45, 2.75) is 0 Å². The lowest BCUT2D eigenvalue weighted by Crippen LogP contribution is -2.02. The molecule has 0 aliphatic heterocycles. The molecule has 1 aromatic heterocycles. The van der Waals surface area contributed by atoms with Gasteiger partial charge in [0.15, 0.2) is 5.78 Å². The molecule has 0 bridgehead atoms. The average Bonchev–Trinajstić information content (AvgIpc) is 3.04. The zero-order valence-corrected chi connectivity index (χ0v) is 12.4. The van der Waals surface area contributed by atoms with Gasteiger partial charge in [0.05, 0.1) is 5.52 Å². The van der Waals surface area contributed by atoms with Crippen molar-refractivity contribution in [1.29, 1.82) is 0 Å². The summed E-state index contributed by atoms with van der Waals surface area (Å²) in [5.41, 5.74) is 2.22. The van der Waals surface area contributed by atoms with Gasteiger partial charge in [-0.05, 0) is 35.0 Å². The number of H-pyrrole nitrogens is 1. The number of hydrogen-bond acceptors (Lipinski definition) is 1. The quantitative estimate of drug-likeness (QED) is 0.507. The van der Waals surface area contributed by atoms with Gasteiger partial charge in [-0.15, -0.1) is 0 Å². The van der Waals surface area contributed by atoms with E-state index in [-0.39, 0.29) is 5.78 Å². The Kier molecular flexibility index (Phi) is 2.98. The van der Waals surface area contributed by atoms with Crippen molar-refractivity contribution in [2.24, 2.45) is 0 Å². The van der Waals surface area contributed by atoms with Crippen LogP contribution < -0.4 is 0 Å². The second kappa shape index (κ2) is 5.00. The van der Waals surface area contributed by atoms with Gasteiger partial charge in [-0.25, -0.2) is 0 Å². The third-order valence-electron chi connectivity index (χ3n) is 3.90. The molecule has 3 aromatic carbocycles. The highest BCUT2D eigenvalue weighted by Gasteiger charge is 2.15. The van der Waals surface area contributed by atoms with E-state index in [2.05, 4.69) is 4.98 Å². The molecule has 4 aromatic rings. The molecule has 0 saturated heterocycles.